The molecule has 1 aromatic carbocycles. The van der Waals surface area contributed by atoms with Crippen molar-refractivity contribution in [1.82, 2.24) is 0 Å². The fourth-order valence-electron chi connectivity index (χ4n) is 0.873. The minimum atomic E-state index is -0.814. The van der Waals surface area contributed by atoms with Crippen LogP contribution in [0, 0.1) is 10.1 Å². The van der Waals surface area contributed by atoms with Crippen molar-refractivity contribution < 1.29 is 14.8 Å². The normalized spacial score (nSPS) is 9.62. The van der Waals surface area contributed by atoms with Gasteiger partial charge in [-0.25, -0.2) is 0 Å². The van der Waals surface area contributed by atoms with E-state index in [4.69, 9.17) is 16.7 Å². The molecule has 13 heavy (non-hydrogen) atoms. The molecule has 0 aromatic heterocycles. The molecule has 0 saturated heterocycles. The first-order valence-electron chi connectivity index (χ1n) is 3.19. The molecule has 0 amide bonds. The van der Waals surface area contributed by atoms with Crippen molar-refractivity contribution in [3.8, 4) is 5.75 Å². The molecule has 1 rings (SSSR count). The quantitative estimate of drug-likeness (QED) is 0.449. The Morgan fingerprint density at radius 1 is 1.54 bits per heavy atom. The SMILES string of the molecule is O=Cc1c(O)ccc(Cl)c1[N+](=O)[O-]. The fourth-order valence-corrected chi connectivity index (χ4v) is 1.11. The summed E-state index contributed by atoms with van der Waals surface area (Å²) in [4.78, 5) is 20.0. The average Bonchev–Trinajstić information content (AvgIpc) is 2.07. The van der Waals surface area contributed by atoms with E-state index in [2.05, 4.69) is 0 Å². The Balaban J connectivity index is 3.52. The van der Waals surface area contributed by atoms with Crippen molar-refractivity contribution in [3.05, 3.63) is 32.8 Å². The molecule has 0 radical (unpaired) electrons. The summed E-state index contributed by atoms with van der Waals surface area (Å²) in [6.45, 7) is 0. The maximum absolute atomic E-state index is 10.4. The number of phenols is 1. The second-order valence-corrected chi connectivity index (χ2v) is 2.61. The van der Waals surface area contributed by atoms with E-state index in [1.165, 1.54) is 0 Å². The number of phenolic OH excluding ortho intramolecular Hbond substituents is 1. The highest BCUT2D eigenvalue weighted by molar-refractivity contribution is 6.33. The van der Waals surface area contributed by atoms with Gasteiger partial charge in [0, 0.05) is 0 Å². The van der Waals surface area contributed by atoms with Crippen molar-refractivity contribution in [1.29, 1.82) is 0 Å². The van der Waals surface area contributed by atoms with Gasteiger partial charge in [0.2, 0.25) is 0 Å². The lowest BCUT2D eigenvalue weighted by Crippen LogP contribution is -1.95. The highest BCUT2D eigenvalue weighted by Gasteiger charge is 2.21. The van der Waals surface area contributed by atoms with Crippen LogP contribution < -0.4 is 0 Å². The number of hydrogen-bond acceptors (Lipinski definition) is 4. The van der Waals surface area contributed by atoms with Crippen LogP contribution in [0.5, 0.6) is 5.75 Å². The third kappa shape index (κ3) is 1.59. The zero-order chi connectivity index (χ0) is 10.0. The third-order valence-corrected chi connectivity index (χ3v) is 1.75. The van der Waals surface area contributed by atoms with Crippen molar-refractivity contribution in [2.24, 2.45) is 0 Å². The lowest BCUT2D eigenvalue weighted by molar-refractivity contribution is -0.385. The van der Waals surface area contributed by atoms with Gasteiger partial charge in [0.15, 0.2) is 6.29 Å². The van der Waals surface area contributed by atoms with E-state index in [1.54, 1.807) is 0 Å². The summed E-state index contributed by atoms with van der Waals surface area (Å²) in [7, 11) is 0. The number of rotatable bonds is 2. The number of nitro groups is 1. The predicted molar refractivity (Wildman–Crippen MR) is 45.2 cm³/mol. The molecule has 0 saturated carbocycles. The predicted octanol–water partition coefficient (Wildman–Crippen LogP) is 1.77. The van der Waals surface area contributed by atoms with Crippen LogP contribution >= 0.6 is 11.6 Å². The zero-order valence-corrected chi connectivity index (χ0v) is 6.99. The number of carbonyl (C=O) groups excluding carboxylic acids is 1. The first-order chi connectivity index (χ1) is 6.07. The fraction of sp³-hybridized carbons (Fsp3) is 0. The molecule has 0 unspecified atom stereocenters. The van der Waals surface area contributed by atoms with Crippen molar-refractivity contribution in [2.45, 2.75) is 0 Å². The Morgan fingerprint density at radius 2 is 2.15 bits per heavy atom. The Kier molecular flexibility index (Phi) is 2.48. The Morgan fingerprint density at radius 3 is 2.54 bits per heavy atom. The van der Waals surface area contributed by atoms with E-state index >= 15 is 0 Å². The molecule has 0 fully saturated rings. The van der Waals surface area contributed by atoms with Crippen LogP contribution in [0.4, 0.5) is 5.69 Å². The standard InChI is InChI=1S/C7H4ClNO4/c8-5-1-2-6(11)4(3-10)7(5)9(12)13/h1-3,11H. The van der Waals surface area contributed by atoms with Crippen LogP contribution in [-0.2, 0) is 0 Å². The molecule has 0 aliphatic rings. The van der Waals surface area contributed by atoms with Gasteiger partial charge in [0.05, 0.1) is 4.92 Å². The number of benzene rings is 1. The van der Waals surface area contributed by atoms with Gasteiger partial charge < -0.3 is 5.11 Å². The Bertz CT molecular complexity index is 377. The number of halogens is 1. The minimum Gasteiger partial charge on any atom is -0.507 e. The van der Waals surface area contributed by atoms with Crippen LogP contribution in [0.2, 0.25) is 5.02 Å². The molecule has 68 valence electrons. The molecule has 5 nitrogen and oxygen atoms in total. The van der Waals surface area contributed by atoms with Crippen LogP contribution in [0.15, 0.2) is 12.1 Å². The molecule has 0 heterocycles. The van der Waals surface area contributed by atoms with Gasteiger partial charge in [0.25, 0.3) is 0 Å². The van der Waals surface area contributed by atoms with Crippen LogP contribution in [0.1, 0.15) is 10.4 Å². The second-order valence-electron chi connectivity index (χ2n) is 2.20. The van der Waals surface area contributed by atoms with Gasteiger partial charge in [0.1, 0.15) is 16.3 Å². The van der Waals surface area contributed by atoms with E-state index in [0.717, 1.165) is 12.1 Å². The Hall–Kier alpha value is -1.62. The first-order valence-corrected chi connectivity index (χ1v) is 3.56. The largest absolute Gasteiger partial charge is 0.507 e. The molecular formula is C7H4ClNO4. The first kappa shape index (κ1) is 9.47. The number of nitro benzene ring substituents is 1. The number of hydrogen-bond donors (Lipinski definition) is 1. The van der Waals surface area contributed by atoms with Crippen LogP contribution in [0.3, 0.4) is 0 Å². The van der Waals surface area contributed by atoms with Gasteiger partial charge in [-0.1, -0.05) is 11.6 Å². The van der Waals surface area contributed by atoms with E-state index in [0.29, 0.717) is 0 Å². The molecule has 0 aliphatic heterocycles. The van der Waals surface area contributed by atoms with Gasteiger partial charge in [-0.3, -0.25) is 14.9 Å². The second kappa shape index (κ2) is 3.40. The summed E-state index contributed by atoms with van der Waals surface area (Å²) in [5.74, 6) is -0.453. The molecule has 0 aliphatic carbocycles. The Labute approximate surface area is 77.7 Å². The van der Waals surface area contributed by atoms with Crippen molar-refractivity contribution in [2.75, 3.05) is 0 Å². The van der Waals surface area contributed by atoms with E-state index in [1.807, 2.05) is 0 Å². The smallest absolute Gasteiger partial charge is 0.302 e. The molecule has 0 bridgehead atoms. The number of carbonyl (C=O) groups is 1. The summed E-state index contributed by atoms with van der Waals surface area (Å²) < 4.78 is 0. The van der Waals surface area contributed by atoms with Crippen molar-refractivity contribution >= 4 is 23.6 Å². The number of nitrogens with zero attached hydrogens (tertiary/aromatic N) is 1. The van der Waals surface area contributed by atoms with E-state index in [-0.39, 0.29) is 11.3 Å². The van der Waals surface area contributed by atoms with Crippen LogP contribution in [0.25, 0.3) is 0 Å². The summed E-state index contributed by atoms with van der Waals surface area (Å²) in [5.41, 5.74) is -0.978. The average molecular weight is 202 g/mol. The molecule has 6 heteroatoms. The summed E-state index contributed by atoms with van der Waals surface area (Å²) in [6, 6.07) is 2.28. The van der Waals surface area contributed by atoms with E-state index < -0.39 is 21.9 Å². The molecule has 0 atom stereocenters. The summed E-state index contributed by atoms with van der Waals surface area (Å²) in [5, 5.41) is 19.3. The molecule has 0 spiro atoms. The van der Waals surface area contributed by atoms with Crippen molar-refractivity contribution in [3.63, 3.8) is 0 Å². The number of aldehydes is 1. The minimum absolute atomic E-state index is 0.176. The summed E-state index contributed by atoms with van der Waals surface area (Å²) in [6.07, 6.45) is 0.194. The highest BCUT2D eigenvalue weighted by Crippen LogP contribution is 2.32. The topological polar surface area (TPSA) is 80.4 Å². The van der Waals surface area contributed by atoms with E-state index in [9.17, 15) is 14.9 Å². The van der Waals surface area contributed by atoms with Gasteiger partial charge >= 0.3 is 5.69 Å². The number of aromatic hydroxyl groups is 1. The summed E-state index contributed by atoms with van der Waals surface area (Å²) >= 11 is 5.46. The lowest BCUT2D eigenvalue weighted by atomic mass is 10.2. The molecular weight excluding hydrogens is 198 g/mol. The maximum Gasteiger partial charge on any atom is 0.302 e. The lowest BCUT2D eigenvalue weighted by Gasteiger charge is -1.99. The highest BCUT2D eigenvalue weighted by atomic mass is 35.5. The molecule has 1 N–H and O–H groups in total. The maximum atomic E-state index is 10.4. The third-order valence-electron chi connectivity index (χ3n) is 1.45. The van der Waals surface area contributed by atoms with Gasteiger partial charge in [-0.15, -0.1) is 0 Å². The zero-order valence-electron chi connectivity index (χ0n) is 6.23. The van der Waals surface area contributed by atoms with Gasteiger partial charge in [-0.05, 0) is 12.1 Å². The van der Waals surface area contributed by atoms with Crippen LogP contribution in [-0.4, -0.2) is 16.3 Å². The van der Waals surface area contributed by atoms with Gasteiger partial charge in [-0.2, -0.15) is 0 Å². The monoisotopic (exact) mass is 201 g/mol. The molecule has 1 aromatic rings.